The van der Waals surface area contributed by atoms with Gasteiger partial charge in [0.25, 0.3) is 0 Å². The quantitative estimate of drug-likeness (QED) is 0.102. The van der Waals surface area contributed by atoms with Crippen molar-refractivity contribution in [2.24, 2.45) is 0 Å². The van der Waals surface area contributed by atoms with Crippen molar-refractivity contribution in [1.82, 2.24) is 0 Å². The number of hydrogen-bond acceptors (Lipinski definition) is 13. The Morgan fingerprint density at radius 1 is 0.375 bits per heavy atom. The van der Waals surface area contributed by atoms with E-state index in [1.54, 1.807) is 6.92 Å². The molecule has 0 saturated heterocycles. The average Bonchev–Trinajstić information content (AvgIpc) is 2.95. The summed E-state index contributed by atoms with van der Waals surface area (Å²) in [5.41, 5.74) is 0. The smallest absolute Gasteiger partial charge is 0.132 e. The zero-order valence-corrected chi connectivity index (χ0v) is 24.5. The molecule has 13 heteroatoms. The van der Waals surface area contributed by atoms with Crippen molar-refractivity contribution in [2.75, 3.05) is 152 Å². The van der Waals surface area contributed by atoms with Crippen LogP contribution in [0.3, 0.4) is 0 Å². The normalized spacial score (nSPS) is 11.4. The number of aliphatic hydroxyl groups is 1. The van der Waals surface area contributed by atoms with Crippen LogP contribution in [-0.4, -0.2) is 163 Å². The summed E-state index contributed by atoms with van der Waals surface area (Å²) < 4.78 is 59.3. The Bertz CT molecular complexity index is 485. The molecule has 0 aliphatic rings. The van der Waals surface area contributed by atoms with E-state index >= 15 is 0 Å². The maximum Gasteiger partial charge on any atom is 0.132 e. The molecule has 0 heterocycles. The van der Waals surface area contributed by atoms with Crippen LogP contribution in [0.1, 0.15) is 19.8 Å². The Balaban J connectivity index is 3.03. The van der Waals surface area contributed by atoms with E-state index in [4.69, 9.17) is 57.2 Å². The van der Waals surface area contributed by atoms with E-state index < -0.39 is 0 Å². The SMILES string of the molecule is CC(=O)CCOCCOCCOCCOCCOCCOCCOCCOCCOCCOCCOCCCO. The molecule has 13 nitrogen and oxygen atoms in total. The molecule has 0 atom stereocenters. The minimum absolute atomic E-state index is 0.125. The summed E-state index contributed by atoms with van der Waals surface area (Å²) in [7, 11) is 0. The first-order valence-corrected chi connectivity index (χ1v) is 14.2. The molecule has 40 heavy (non-hydrogen) atoms. The second kappa shape index (κ2) is 36.2. The summed E-state index contributed by atoms with van der Waals surface area (Å²) in [6.45, 7) is 12.8. The van der Waals surface area contributed by atoms with Crippen molar-refractivity contribution in [2.45, 2.75) is 19.8 Å². The number of carbonyl (C=O) groups is 1. The highest BCUT2D eigenvalue weighted by Gasteiger charge is 1.97. The van der Waals surface area contributed by atoms with Gasteiger partial charge in [-0.15, -0.1) is 0 Å². The first-order valence-electron chi connectivity index (χ1n) is 14.2. The Kier molecular flexibility index (Phi) is 35.5. The molecule has 0 aromatic carbocycles. The molecule has 0 rings (SSSR count). The minimum atomic E-state index is 0.125. The van der Waals surface area contributed by atoms with Gasteiger partial charge in [0.1, 0.15) is 5.78 Å². The van der Waals surface area contributed by atoms with Gasteiger partial charge in [-0.1, -0.05) is 0 Å². The van der Waals surface area contributed by atoms with Crippen molar-refractivity contribution in [1.29, 1.82) is 0 Å². The van der Waals surface area contributed by atoms with Crippen LogP contribution in [0.2, 0.25) is 0 Å². The predicted octanol–water partition coefficient (Wildman–Crippen LogP) is 0.531. The third-order valence-corrected chi connectivity index (χ3v) is 4.77. The number of ether oxygens (including phenoxy) is 11. The van der Waals surface area contributed by atoms with Gasteiger partial charge in [-0.3, -0.25) is 4.79 Å². The number of carbonyl (C=O) groups excluding carboxylic acids is 1. The molecule has 0 aromatic rings. The highest BCUT2D eigenvalue weighted by atomic mass is 16.6. The van der Waals surface area contributed by atoms with Crippen molar-refractivity contribution in [3.05, 3.63) is 0 Å². The van der Waals surface area contributed by atoms with Crippen molar-refractivity contribution in [3.8, 4) is 0 Å². The molecule has 1 N–H and O–H groups in total. The summed E-state index contributed by atoms with van der Waals surface area (Å²) >= 11 is 0. The standard InChI is InChI=1S/C27H54O13/c1-27(29)3-6-31-8-10-33-12-14-35-16-18-37-20-22-39-24-26-40-25-23-38-21-19-36-17-15-34-13-11-32-9-7-30-5-2-4-28/h28H,2-26H2,1H3. The van der Waals surface area contributed by atoms with Crippen LogP contribution in [0.15, 0.2) is 0 Å². The molecular weight excluding hydrogens is 532 g/mol. The predicted molar refractivity (Wildman–Crippen MR) is 146 cm³/mol. The van der Waals surface area contributed by atoms with Crippen LogP contribution >= 0.6 is 0 Å². The highest BCUT2D eigenvalue weighted by Crippen LogP contribution is 1.88. The van der Waals surface area contributed by atoms with Gasteiger partial charge in [0, 0.05) is 19.6 Å². The van der Waals surface area contributed by atoms with Gasteiger partial charge in [-0.05, 0) is 13.3 Å². The van der Waals surface area contributed by atoms with Crippen LogP contribution < -0.4 is 0 Å². The lowest BCUT2D eigenvalue weighted by atomic mass is 10.3. The van der Waals surface area contributed by atoms with E-state index in [1.165, 1.54) is 0 Å². The van der Waals surface area contributed by atoms with Crippen molar-refractivity contribution < 1.29 is 62.0 Å². The first kappa shape index (κ1) is 39.2. The summed E-state index contributed by atoms with van der Waals surface area (Å²) in [6, 6.07) is 0. The lowest BCUT2D eigenvalue weighted by Crippen LogP contribution is -2.15. The maximum atomic E-state index is 10.8. The van der Waals surface area contributed by atoms with Crippen LogP contribution in [-0.2, 0) is 56.9 Å². The van der Waals surface area contributed by atoms with Gasteiger partial charge < -0.3 is 57.2 Å². The molecular formula is C27H54O13. The van der Waals surface area contributed by atoms with Crippen molar-refractivity contribution >= 4 is 5.78 Å². The molecule has 240 valence electrons. The average molecular weight is 587 g/mol. The van der Waals surface area contributed by atoms with E-state index in [0.29, 0.717) is 158 Å². The fourth-order valence-electron chi connectivity index (χ4n) is 2.68. The van der Waals surface area contributed by atoms with Gasteiger partial charge >= 0.3 is 0 Å². The first-order chi connectivity index (χ1) is 19.8. The zero-order chi connectivity index (χ0) is 29.0. The van der Waals surface area contributed by atoms with Crippen LogP contribution in [0.5, 0.6) is 0 Å². The van der Waals surface area contributed by atoms with Gasteiger partial charge in [-0.25, -0.2) is 0 Å². The summed E-state index contributed by atoms with van der Waals surface area (Å²) in [5, 5.41) is 8.62. The van der Waals surface area contributed by atoms with Gasteiger partial charge in [0.15, 0.2) is 0 Å². The second-order valence-electron chi connectivity index (χ2n) is 8.27. The summed E-state index contributed by atoms with van der Waals surface area (Å²) in [6.07, 6.45) is 1.09. The van der Waals surface area contributed by atoms with E-state index in [-0.39, 0.29) is 12.4 Å². The molecule has 0 aromatic heterocycles. The Morgan fingerprint density at radius 2 is 0.575 bits per heavy atom. The van der Waals surface area contributed by atoms with E-state index in [9.17, 15) is 4.79 Å². The Hall–Kier alpha value is -0.810. The fourth-order valence-corrected chi connectivity index (χ4v) is 2.68. The monoisotopic (exact) mass is 586 g/mol. The Morgan fingerprint density at radius 3 is 0.775 bits per heavy atom. The molecule has 0 saturated carbocycles. The third kappa shape index (κ3) is 37.2. The molecule has 0 aliphatic heterocycles. The fraction of sp³-hybridized carbons (Fsp3) is 0.963. The van der Waals surface area contributed by atoms with Gasteiger partial charge in [0.05, 0.1) is 139 Å². The van der Waals surface area contributed by atoms with E-state index in [0.717, 1.165) is 0 Å². The van der Waals surface area contributed by atoms with E-state index in [1.807, 2.05) is 0 Å². The molecule has 0 unspecified atom stereocenters. The van der Waals surface area contributed by atoms with E-state index in [2.05, 4.69) is 0 Å². The third-order valence-electron chi connectivity index (χ3n) is 4.77. The lowest BCUT2D eigenvalue weighted by Gasteiger charge is -2.09. The zero-order valence-electron chi connectivity index (χ0n) is 24.5. The molecule has 0 spiro atoms. The number of hydrogen-bond donors (Lipinski definition) is 1. The largest absolute Gasteiger partial charge is 0.396 e. The van der Waals surface area contributed by atoms with Gasteiger partial charge in [-0.2, -0.15) is 0 Å². The van der Waals surface area contributed by atoms with Gasteiger partial charge in [0.2, 0.25) is 0 Å². The van der Waals surface area contributed by atoms with Crippen molar-refractivity contribution in [3.63, 3.8) is 0 Å². The summed E-state index contributed by atoms with van der Waals surface area (Å²) in [5.74, 6) is 0.125. The number of rotatable bonds is 36. The molecule has 0 aliphatic carbocycles. The van der Waals surface area contributed by atoms with Crippen LogP contribution in [0.4, 0.5) is 0 Å². The topological polar surface area (TPSA) is 139 Å². The Labute approximate surface area is 239 Å². The van der Waals surface area contributed by atoms with Crippen LogP contribution in [0.25, 0.3) is 0 Å². The van der Waals surface area contributed by atoms with Crippen LogP contribution in [0, 0.1) is 0 Å². The number of aliphatic hydroxyl groups excluding tert-OH is 1. The number of ketones is 1. The molecule has 0 radical (unpaired) electrons. The molecule has 0 bridgehead atoms. The lowest BCUT2D eigenvalue weighted by molar-refractivity contribution is -0.118. The molecule has 0 amide bonds. The molecule has 0 fully saturated rings. The second-order valence-corrected chi connectivity index (χ2v) is 8.27. The maximum absolute atomic E-state index is 10.8. The summed E-state index contributed by atoms with van der Waals surface area (Å²) in [4.78, 5) is 10.8. The minimum Gasteiger partial charge on any atom is -0.396 e. The highest BCUT2D eigenvalue weighted by molar-refractivity contribution is 5.75. The number of Topliss-reactive ketones (excluding diaryl/α,β-unsaturated/α-hetero) is 1.